The van der Waals surface area contributed by atoms with E-state index in [4.69, 9.17) is 9.47 Å². The third-order valence-corrected chi connectivity index (χ3v) is 2.97. The van der Waals surface area contributed by atoms with Gasteiger partial charge >= 0.3 is 0 Å². The molecule has 0 spiro atoms. The smallest absolute Gasteiger partial charge is 0.246 e. The Bertz CT molecular complexity index is 409. The van der Waals surface area contributed by atoms with Crippen LogP contribution in [0, 0.1) is 0 Å². The second-order valence-corrected chi connectivity index (χ2v) is 4.73. The lowest BCUT2D eigenvalue weighted by atomic mass is 10.1. The molecule has 0 saturated carbocycles. The fraction of sp³-hybridized carbons (Fsp3) is 0.462. The molecular weight excluding hydrogens is 298 g/mol. The van der Waals surface area contributed by atoms with Gasteiger partial charge in [-0.3, -0.25) is 4.79 Å². The zero-order valence-electron chi connectivity index (χ0n) is 10.8. The lowest BCUT2D eigenvalue weighted by Crippen LogP contribution is -2.30. The first-order valence-electron chi connectivity index (χ1n) is 5.79. The number of benzene rings is 1. The Hall–Kier alpha value is -1.07. The number of rotatable bonds is 6. The van der Waals surface area contributed by atoms with Crippen LogP contribution in [0.1, 0.15) is 25.5 Å². The molecule has 1 rings (SSSR count). The number of hydrogen-bond acceptors (Lipinski definition) is 3. The fourth-order valence-corrected chi connectivity index (χ4v) is 1.94. The van der Waals surface area contributed by atoms with Crippen molar-refractivity contribution in [2.75, 3.05) is 20.3 Å². The molecular formula is C13H18BrNO3. The molecule has 100 valence electrons. The fourth-order valence-electron chi connectivity index (χ4n) is 1.60. The van der Waals surface area contributed by atoms with E-state index in [0.717, 1.165) is 15.8 Å². The molecule has 0 saturated heterocycles. The summed E-state index contributed by atoms with van der Waals surface area (Å²) in [5.74, 6) is 0.614. The predicted octanol–water partition coefficient (Wildman–Crippen LogP) is 2.67. The summed E-state index contributed by atoms with van der Waals surface area (Å²) in [7, 11) is 1.61. The standard InChI is InChI=1S/C13H18BrNO3/c1-4-18-8-13(16)15-9(2)11-6-5-10(14)7-12(11)17-3/h5-7,9H,4,8H2,1-3H3,(H,15,16)/t9-/m1/s1. The number of ether oxygens (including phenoxy) is 2. The van der Waals surface area contributed by atoms with Gasteiger partial charge in [0.1, 0.15) is 12.4 Å². The Morgan fingerprint density at radius 2 is 2.22 bits per heavy atom. The molecule has 0 bridgehead atoms. The van der Waals surface area contributed by atoms with E-state index < -0.39 is 0 Å². The Morgan fingerprint density at radius 3 is 2.83 bits per heavy atom. The van der Waals surface area contributed by atoms with E-state index in [1.54, 1.807) is 7.11 Å². The van der Waals surface area contributed by atoms with Crippen molar-refractivity contribution in [3.05, 3.63) is 28.2 Å². The first-order chi connectivity index (χ1) is 8.58. The molecule has 0 aliphatic heterocycles. The monoisotopic (exact) mass is 315 g/mol. The molecule has 0 fully saturated rings. The third-order valence-electron chi connectivity index (χ3n) is 2.48. The summed E-state index contributed by atoms with van der Waals surface area (Å²) in [6.45, 7) is 4.38. The minimum atomic E-state index is -0.130. The number of hydrogen-bond donors (Lipinski definition) is 1. The van der Waals surface area contributed by atoms with Crippen LogP contribution in [0.5, 0.6) is 5.75 Å². The summed E-state index contributed by atoms with van der Waals surface area (Å²) in [6, 6.07) is 5.60. The molecule has 4 nitrogen and oxygen atoms in total. The van der Waals surface area contributed by atoms with Gasteiger partial charge in [0.05, 0.1) is 13.2 Å². The molecule has 1 atom stereocenters. The lowest BCUT2D eigenvalue weighted by Gasteiger charge is -2.17. The summed E-state index contributed by atoms with van der Waals surface area (Å²) >= 11 is 3.38. The van der Waals surface area contributed by atoms with Crippen LogP contribution in [0.2, 0.25) is 0 Å². The molecule has 1 N–H and O–H groups in total. The first-order valence-corrected chi connectivity index (χ1v) is 6.58. The highest BCUT2D eigenvalue weighted by Crippen LogP contribution is 2.28. The van der Waals surface area contributed by atoms with E-state index in [-0.39, 0.29) is 18.6 Å². The van der Waals surface area contributed by atoms with Crippen molar-refractivity contribution in [2.45, 2.75) is 19.9 Å². The second kappa shape index (κ2) is 7.38. The van der Waals surface area contributed by atoms with E-state index in [1.807, 2.05) is 32.0 Å². The second-order valence-electron chi connectivity index (χ2n) is 3.81. The third kappa shape index (κ3) is 4.31. The highest BCUT2D eigenvalue weighted by molar-refractivity contribution is 9.10. The largest absolute Gasteiger partial charge is 0.496 e. The number of carbonyl (C=O) groups is 1. The van der Waals surface area contributed by atoms with Gasteiger partial charge in [-0.25, -0.2) is 0 Å². The molecule has 0 radical (unpaired) electrons. The van der Waals surface area contributed by atoms with Gasteiger partial charge in [0.2, 0.25) is 5.91 Å². The van der Waals surface area contributed by atoms with Crippen molar-refractivity contribution in [3.63, 3.8) is 0 Å². The number of carbonyl (C=O) groups excluding carboxylic acids is 1. The van der Waals surface area contributed by atoms with Crippen molar-refractivity contribution in [2.24, 2.45) is 0 Å². The molecule has 0 unspecified atom stereocenters. The van der Waals surface area contributed by atoms with Crippen molar-refractivity contribution < 1.29 is 14.3 Å². The summed E-state index contributed by atoms with van der Waals surface area (Å²) in [5.41, 5.74) is 0.936. The SMILES string of the molecule is CCOCC(=O)N[C@H](C)c1ccc(Br)cc1OC. The lowest BCUT2D eigenvalue weighted by molar-refractivity contribution is -0.126. The summed E-state index contributed by atoms with van der Waals surface area (Å²) < 4.78 is 11.3. The Labute approximate surface area is 116 Å². The van der Waals surface area contributed by atoms with Crippen molar-refractivity contribution >= 4 is 21.8 Å². The molecule has 1 aromatic rings. The minimum absolute atomic E-state index is 0.0830. The first kappa shape index (κ1) is 15.0. The summed E-state index contributed by atoms with van der Waals surface area (Å²) in [6.07, 6.45) is 0. The maximum atomic E-state index is 11.6. The summed E-state index contributed by atoms with van der Waals surface area (Å²) in [5, 5.41) is 2.87. The highest BCUT2D eigenvalue weighted by Gasteiger charge is 2.14. The quantitative estimate of drug-likeness (QED) is 0.878. The minimum Gasteiger partial charge on any atom is -0.496 e. The Kier molecular flexibility index (Phi) is 6.15. The molecule has 0 aliphatic rings. The van der Waals surface area contributed by atoms with Crippen LogP contribution in [0.3, 0.4) is 0 Å². The maximum Gasteiger partial charge on any atom is 0.246 e. The van der Waals surface area contributed by atoms with E-state index in [1.165, 1.54) is 0 Å². The van der Waals surface area contributed by atoms with Gasteiger partial charge in [-0.05, 0) is 26.0 Å². The molecule has 18 heavy (non-hydrogen) atoms. The van der Waals surface area contributed by atoms with Crippen LogP contribution in [0.4, 0.5) is 0 Å². The Balaban J connectivity index is 2.71. The number of halogens is 1. The number of methoxy groups -OCH3 is 1. The van der Waals surface area contributed by atoms with Crippen LogP contribution in [-0.2, 0) is 9.53 Å². The van der Waals surface area contributed by atoms with Gasteiger partial charge in [0, 0.05) is 16.6 Å². The maximum absolute atomic E-state index is 11.6. The van der Waals surface area contributed by atoms with E-state index in [2.05, 4.69) is 21.2 Å². The molecule has 0 aliphatic carbocycles. The van der Waals surface area contributed by atoms with E-state index >= 15 is 0 Å². The Morgan fingerprint density at radius 1 is 1.50 bits per heavy atom. The van der Waals surface area contributed by atoms with Crippen LogP contribution in [0.25, 0.3) is 0 Å². The van der Waals surface area contributed by atoms with Gasteiger partial charge in [-0.1, -0.05) is 22.0 Å². The zero-order chi connectivity index (χ0) is 13.5. The molecule has 1 aromatic carbocycles. The van der Waals surface area contributed by atoms with E-state index in [9.17, 15) is 4.79 Å². The molecule has 1 amide bonds. The average molecular weight is 316 g/mol. The van der Waals surface area contributed by atoms with Gasteiger partial charge in [0.15, 0.2) is 0 Å². The van der Waals surface area contributed by atoms with Crippen molar-refractivity contribution in [3.8, 4) is 5.75 Å². The van der Waals surface area contributed by atoms with Crippen LogP contribution >= 0.6 is 15.9 Å². The number of amides is 1. The van der Waals surface area contributed by atoms with Crippen LogP contribution in [-0.4, -0.2) is 26.2 Å². The van der Waals surface area contributed by atoms with Crippen LogP contribution < -0.4 is 10.1 Å². The average Bonchev–Trinajstić information content (AvgIpc) is 2.35. The molecule has 0 aromatic heterocycles. The normalized spacial score (nSPS) is 12.0. The van der Waals surface area contributed by atoms with Crippen LogP contribution in [0.15, 0.2) is 22.7 Å². The molecule has 5 heteroatoms. The van der Waals surface area contributed by atoms with Crippen molar-refractivity contribution in [1.29, 1.82) is 0 Å². The molecule has 0 heterocycles. The highest BCUT2D eigenvalue weighted by atomic mass is 79.9. The van der Waals surface area contributed by atoms with E-state index in [0.29, 0.717) is 6.61 Å². The van der Waals surface area contributed by atoms with Gasteiger partial charge in [0.25, 0.3) is 0 Å². The number of nitrogens with one attached hydrogen (secondary N) is 1. The van der Waals surface area contributed by atoms with Gasteiger partial charge in [-0.15, -0.1) is 0 Å². The summed E-state index contributed by atoms with van der Waals surface area (Å²) in [4.78, 5) is 11.6. The zero-order valence-corrected chi connectivity index (χ0v) is 12.4. The van der Waals surface area contributed by atoms with Gasteiger partial charge in [-0.2, -0.15) is 0 Å². The predicted molar refractivity (Wildman–Crippen MR) is 73.7 cm³/mol. The topological polar surface area (TPSA) is 47.6 Å². The van der Waals surface area contributed by atoms with Crippen molar-refractivity contribution in [1.82, 2.24) is 5.32 Å². The van der Waals surface area contributed by atoms with Gasteiger partial charge < -0.3 is 14.8 Å².